The third-order valence-corrected chi connectivity index (χ3v) is 7.06. The lowest BCUT2D eigenvalue weighted by Crippen LogP contribution is -2.11. The normalized spacial score (nSPS) is 11.7. The van der Waals surface area contributed by atoms with Gasteiger partial charge >= 0.3 is 5.97 Å². The number of ketones is 1. The van der Waals surface area contributed by atoms with Crippen LogP contribution in [0.4, 0.5) is 5.69 Å². The van der Waals surface area contributed by atoms with Crippen molar-refractivity contribution in [3.63, 3.8) is 0 Å². The summed E-state index contributed by atoms with van der Waals surface area (Å²) >= 11 is 5.90. The Morgan fingerprint density at radius 3 is 2.44 bits per heavy atom. The molecule has 1 atom stereocenters. The summed E-state index contributed by atoms with van der Waals surface area (Å²) in [5.41, 5.74) is 2.07. The minimum atomic E-state index is -1.43. The van der Waals surface area contributed by atoms with Crippen molar-refractivity contribution in [1.82, 2.24) is 4.98 Å². The van der Waals surface area contributed by atoms with Gasteiger partial charge in [-0.1, -0.05) is 49.9 Å². The van der Waals surface area contributed by atoms with Crippen LogP contribution in [0.5, 0.6) is 0 Å². The number of nitrogens with zero attached hydrogens (tertiary/aromatic N) is 1. The smallest absolute Gasteiger partial charge is 0.336 e. The molecule has 0 aliphatic heterocycles. The molecule has 0 amide bonds. The van der Waals surface area contributed by atoms with E-state index in [1.807, 2.05) is 24.3 Å². The van der Waals surface area contributed by atoms with Crippen LogP contribution in [-0.4, -0.2) is 31.8 Å². The number of nitrogens with one attached hydrogen (secondary N) is 1. The first-order chi connectivity index (χ1) is 16.4. The molecule has 3 rings (SSSR count). The number of carbonyl (C=O) groups is 2. The monoisotopic (exact) mass is 498 g/mol. The molecule has 178 valence electrons. The topological polar surface area (TPSA) is 96.4 Å². The fraction of sp³-hybridized carbons (Fsp3) is 0.269. The summed E-state index contributed by atoms with van der Waals surface area (Å²) in [6, 6.07) is 15.1. The number of unbranched alkanes of at least 4 members (excludes halogenated alkanes) is 3. The second kappa shape index (κ2) is 12.4. The lowest BCUT2D eigenvalue weighted by atomic mass is 10.0. The van der Waals surface area contributed by atoms with Crippen LogP contribution in [0.1, 0.15) is 64.6 Å². The van der Waals surface area contributed by atoms with Crippen LogP contribution in [-0.2, 0) is 17.3 Å². The third kappa shape index (κ3) is 6.98. The maximum absolute atomic E-state index is 12.9. The van der Waals surface area contributed by atoms with E-state index < -0.39 is 22.6 Å². The largest absolute Gasteiger partial charge is 0.478 e. The Morgan fingerprint density at radius 2 is 1.79 bits per heavy atom. The highest BCUT2D eigenvalue weighted by atomic mass is 35.5. The molecule has 0 aliphatic carbocycles. The molecular formula is C26H27ClN2O4S. The van der Waals surface area contributed by atoms with E-state index in [0.717, 1.165) is 36.9 Å². The predicted molar refractivity (Wildman–Crippen MR) is 135 cm³/mol. The Hall–Kier alpha value is -3.03. The molecule has 34 heavy (non-hydrogen) atoms. The van der Waals surface area contributed by atoms with Crippen molar-refractivity contribution in [2.75, 3.05) is 11.1 Å². The number of aromatic carboxylic acids is 1. The van der Waals surface area contributed by atoms with Crippen molar-refractivity contribution in [2.45, 2.75) is 44.0 Å². The number of carboxylic acids is 1. The number of halogens is 1. The Morgan fingerprint density at radius 1 is 1.03 bits per heavy atom. The standard InChI is InChI=1S/C26H27ClN2O4S/c1-2-3-4-5-14-34(33)24-13-8-19(15-22(24)26(31)32)25(30)23-12-11-21(17-29-23)28-16-18-6-9-20(27)10-7-18/h6-13,15,17,28H,2-5,14,16H2,1H3,(H,31,32). The van der Waals surface area contributed by atoms with Crippen LogP contribution in [0.25, 0.3) is 0 Å². The minimum Gasteiger partial charge on any atom is -0.478 e. The molecule has 1 unspecified atom stereocenters. The summed E-state index contributed by atoms with van der Waals surface area (Å²) in [7, 11) is -1.43. The third-order valence-electron chi connectivity index (χ3n) is 5.31. The average Bonchev–Trinajstić information content (AvgIpc) is 2.85. The highest BCUT2D eigenvalue weighted by Gasteiger charge is 2.19. The van der Waals surface area contributed by atoms with E-state index in [2.05, 4.69) is 17.2 Å². The fourth-order valence-electron chi connectivity index (χ4n) is 3.39. The van der Waals surface area contributed by atoms with Crippen molar-refractivity contribution < 1.29 is 18.9 Å². The zero-order valence-electron chi connectivity index (χ0n) is 18.9. The molecule has 0 radical (unpaired) electrons. The molecule has 2 aromatic carbocycles. The van der Waals surface area contributed by atoms with E-state index in [1.165, 1.54) is 18.2 Å². The molecule has 0 saturated heterocycles. The lowest BCUT2D eigenvalue weighted by molar-refractivity contribution is 0.0693. The van der Waals surface area contributed by atoms with Gasteiger partial charge in [0.2, 0.25) is 5.78 Å². The summed E-state index contributed by atoms with van der Waals surface area (Å²) in [4.78, 5) is 29.2. The number of rotatable bonds is 12. The average molecular weight is 499 g/mol. The van der Waals surface area contributed by atoms with Crippen LogP contribution < -0.4 is 5.32 Å². The first-order valence-corrected chi connectivity index (χ1v) is 12.8. The number of carboxylic acid groups (broad SMARTS) is 1. The molecule has 0 spiro atoms. The van der Waals surface area contributed by atoms with Gasteiger partial charge in [0.25, 0.3) is 0 Å². The molecule has 0 fully saturated rings. The number of aromatic nitrogens is 1. The Labute approximate surface area is 206 Å². The molecule has 0 saturated carbocycles. The van der Waals surface area contributed by atoms with Gasteiger partial charge in [-0.05, 0) is 54.4 Å². The van der Waals surface area contributed by atoms with Crippen molar-refractivity contribution in [3.8, 4) is 0 Å². The zero-order valence-corrected chi connectivity index (χ0v) is 20.5. The summed E-state index contributed by atoms with van der Waals surface area (Å²) in [6.45, 7) is 2.67. The Balaban J connectivity index is 1.69. The number of carbonyl (C=O) groups excluding carboxylic acids is 1. The summed E-state index contributed by atoms with van der Waals surface area (Å²) in [5, 5.41) is 13.5. The van der Waals surface area contributed by atoms with E-state index in [0.29, 0.717) is 17.3 Å². The number of hydrogen-bond donors (Lipinski definition) is 2. The second-order valence-corrected chi connectivity index (χ2v) is 9.84. The highest BCUT2D eigenvalue weighted by Crippen LogP contribution is 2.20. The highest BCUT2D eigenvalue weighted by molar-refractivity contribution is 7.85. The number of hydrogen-bond acceptors (Lipinski definition) is 5. The lowest BCUT2D eigenvalue weighted by Gasteiger charge is -2.09. The van der Waals surface area contributed by atoms with Crippen LogP contribution in [0.3, 0.4) is 0 Å². The van der Waals surface area contributed by atoms with Crippen LogP contribution in [0, 0.1) is 0 Å². The Kier molecular flexibility index (Phi) is 9.36. The second-order valence-electron chi connectivity index (χ2n) is 7.87. The molecule has 3 aromatic rings. The van der Waals surface area contributed by atoms with E-state index in [4.69, 9.17) is 11.6 Å². The van der Waals surface area contributed by atoms with E-state index in [9.17, 15) is 18.9 Å². The van der Waals surface area contributed by atoms with Crippen LogP contribution >= 0.6 is 11.6 Å². The van der Waals surface area contributed by atoms with E-state index in [1.54, 1.807) is 18.3 Å². The first kappa shape index (κ1) is 25.6. The predicted octanol–water partition coefficient (Wildman–Crippen LogP) is 5.96. The quantitative estimate of drug-likeness (QED) is 0.236. The van der Waals surface area contributed by atoms with Crippen molar-refractivity contribution in [1.29, 1.82) is 0 Å². The Bertz CT molecular complexity index is 1160. The van der Waals surface area contributed by atoms with Gasteiger partial charge in [0.05, 0.1) is 33.1 Å². The minimum absolute atomic E-state index is 0.110. The van der Waals surface area contributed by atoms with Crippen molar-refractivity contribution >= 4 is 39.8 Å². The molecule has 6 nitrogen and oxygen atoms in total. The van der Waals surface area contributed by atoms with Gasteiger partial charge in [0, 0.05) is 22.9 Å². The maximum atomic E-state index is 12.9. The van der Waals surface area contributed by atoms with Crippen LogP contribution in [0.15, 0.2) is 65.7 Å². The van der Waals surface area contributed by atoms with Gasteiger partial charge in [-0.3, -0.25) is 14.0 Å². The van der Waals surface area contributed by atoms with Crippen molar-refractivity contribution in [2.24, 2.45) is 0 Å². The molecule has 0 bridgehead atoms. The van der Waals surface area contributed by atoms with Gasteiger partial charge < -0.3 is 10.4 Å². The molecule has 1 aromatic heterocycles. The summed E-state index contributed by atoms with van der Waals surface area (Å²) < 4.78 is 12.6. The van der Waals surface area contributed by atoms with Crippen LogP contribution in [0.2, 0.25) is 5.02 Å². The molecule has 8 heteroatoms. The van der Waals surface area contributed by atoms with Gasteiger partial charge in [-0.2, -0.15) is 0 Å². The van der Waals surface area contributed by atoms with Gasteiger partial charge in [-0.25, -0.2) is 4.79 Å². The number of benzene rings is 2. The SMILES string of the molecule is CCCCCCS(=O)c1ccc(C(=O)c2ccc(NCc3ccc(Cl)cc3)cn2)cc1C(=O)O. The van der Waals surface area contributed by atoms with E-state index >= 15 is 0 Å². The maximum Gasteiger partial charge on any atom is 0.336 e. The van der Waals surface area contributed by atoms with Gasteiger partial charge in [0.15, 0.2) is 0 Å². The molecule has 1 heterocycles. The van der Waals surface area contributed by atoms with Gasteiger partial charge in [0.1, 0.15) is 5.69 Å². The summed E-state index contributed by atoms with van der Waals surface area (Å²) in [6.07, 6.45) is 5.40. The number of anilines is 1. The summed E-state index contributed by atoms with van der Waals surface area (Å²) in [5.74, 6) is -1.20. The molecule has 0 aliphatic rings. The number of pyridine rings is 1. The van der Waals surface area contributed by atoms with Crippen molar-refractivity contribution in [3.05, 3.63) is 88.2 Å². The zero-order chi connectivity index (χ0) is 24.5. The first-order valence-electron chi connectivity index (χ1n) is 11.1. The van der Waals surface area contributed by atoms with E-state index in [-0.39, 0.29) is 21.7 Å². The fourth-order valence-corrected chi connectivity index (χ4v) is 4.82. The molecule has 2 N–H and O–H groups in total. The van der Waals surface area contributed by atoms with Gasteiger partial charge in [-0.15, -0.1) is 0 Å². The molecular weight excluding hydrogens is 472 g/mol.